The molecule has 0 aliphatic carbocycles. The second-order valence-electron chi connectivity index (χ2n) is 5.44. The van der Waals surface area contributed by atoms with Crippen LogP contribution in [0, 0.1) is 5.82 Å². The largest absolute Gasteiger partial charge is 0.390 e. The number of aromatic nitrogens is 2. The Labute approximate surface area is 138 Å². The maximum Gasteiger partial charge on any atom is 0.230 e. The quantitative estimate of drug-likeness (QED) is 0.760. The zero-order chi connectivity index (χ0) is 16.8. The van der Waals surface area contributed by atoms with E-state index in [1.165, 1.54) is 23.9 Å². The zero-order valence-corrected chi connectivity index (χ0v) is 13.9. The lowest BCUT2D eigenvalue weighted by Crippen LogP contribution is -2.31. The topological polar surface area (TPSA) is 67.2 Å². The van der Waals surface area contributed by atoms with E-state index in [1.807, 2.05) is 18.4 Å². The number of nitrogens with zero attached hydrogens (tertiary/aromatic N) is 2. The molecule has 5 nitrogen and oxygen atoms in total. The van der Waals surface area contributed by atoms with Gasteiger partial charge in [0.1, 0.15) is 5.82 Å². The standard InChI is InChI=1S/C16H20FN3O2S/c1-11(2)18-15(22)10-23-16-19-14(9-21)8-20(16)7-12-3-5-13(17)6-4-12/h3-6,8,11,21H,7,9-10H2,1-2H3,(H,18,22). The molecule has 7 heteroatoms. The Morgan fingerprint density at radius 1 is 1.39 bits per heavy atom. The molecule has 0 saturated heterocycles. The van der Waals surface area contributed by atoms with Gasteiger partial charge >= 0.3 is 0 Å². The highest BCUT2D eigenvalue weighted by Crippen LogP contribution is 2.19. The third-order valence-corrected chi connectivity index (χ3v) is 3.99. The normalized spacial score (nSPS) is 11.0. The number of hydrogen-bond donors (Lipinski definition) is 2. The monoisotopic (exact) mass is 337 g/mol. The minimum atomic E-state index is -0.282. The molecule has 0 aliphatic heterocycles. The van der Waals surface area contributed by atoms with Crippen LogP contribution < -0.4 is 5.32 Å². The molecular weight excluding hydrogens is 317 g/mol. The van der Waals surface area contributed by atoms with Gasteiger partial charge < -0.3 is 15.0 Å². The van der Waals surface area contributed by atoms with E-state index in [2.05, 4.69) is 10.3 Å². The second kappa shape index (κ2) is 8.12. The van der Waals surface area contributed by atoms with Gasteiger partial charge in [0.05, 0.1) is 18.1 Å². The van der Waals surface area contributed by atoms with Gasteiger partial charge in [-0.15, -0.1) is 0 Å². The fourth-order valence-electron chi connectivity index (χ4n) is 2.04. The predicted octanol–water partition coefficient (Wildman–Crippen LogP) is 2.18. The van der Waals surface area contributed by atoms with Crippen molar-refractivity contribution in [1.29, 1.82) is 0 Å². The van der Waals surface area contributed by atoms with Crippen LogP contribution in [0.4, 0.5) is 4.39 Å². The number of hydrogen-bond acceptors (Lipinski definition) is 4. The van der Waals surface area contributed by atoms with Crippen molar-refractivity contribution >= 4 is 17.7 Å². The van der Waals surface area contributed by atoms with Crippen LogP contribution in [0.25, 0.3) is 0 Å². The van der Waals surface area contributed by atoms with E-state index in [1.54, 1.807) is 18.3 Å². The maximum absolute atomic E-state index is 13.0. The first-order chi connectivity index (χ1) is 11.0. The number of nitrogens with one attached hydrogen (secondary N) is 1. The molecule has 0 aliphatic rings. The summed E-state index contributed by atoms with van der Waals surface area (Å²) < 4.78 is 14.8. The van der Waals surface area contributed by atoms with Crippen molar-refractivity contribution in [3.63, 3.8) is 0 Å². The number of carbonyl (C=O) groups excluding carboxylic acids is 1. The van der Waals surface area contributed by atoms with Crippen molar-refractivity contribution in [2.24, 2.45) is 0 Å². The molecule has 0 saturated carbocycles. The van der Waals surface area contributed by atoms with E-state index in [0.717, 1.165) is 5.56 Å². The summed E-state index contributed by atoms with van der Waals surface area (Å²) in [7, 11) is 0. The van der Waals surface area contributed by atoms with Gasteiger partial charge in [0, 0.05) is 18.8 Å². The summed E-state index contributed by atoms with van der Waals surface area (Å²) in [6.07, 6.45) is 1.74. The minimum Gasteiger partial charge on any atom is -0.390 e. The number of carbonyl (C=O) groups is 1. The van der Waals surface area contributed by atoms with E-state index >= 15 is 0 Å². The molecule has 2 rings (SSSR count). The van der Waals surface area contributed by atoms with Gasteiger partial charge in [-0.2, -0.15) is 0 Å². The highest BCUT2D eigenvalue weighted by atomic mass is 32.2. The molecule has 0 unspecified atom stereocenters. The molecule has 23 heavy (non-hydrogen) atoms. The summed E-state index contributed by atoms with van der Waals surface area (Å²) in [5.41, 5.74) is 1.46. The first kappa shape index (κ1) is 17.5. The van der Waals surface area contributed by atoms with Crippen LogP contribution in [-0.4, -0.2) is 32.4 Å². The lowest BCUT2D eigenvalue weighted by molar-refractivity contribution is -0.119. The Balaban J connectivity index is 2.08. The summed E-state index contributed by atoms with van der Waals surface area (Å²) in [5, 5.41) is 12.7. The fraction of sp³-hybridized carbons (Fsp3) is 0.375. The summed E-state index contributed by atoms with van der Waals surface area (Å²) in [4.78, 5) is 16.1. The highest BCUT2D eigenvalue weighted by molar-refractivity contribution is 7.99. The number of rotatable bonds is 7. The zero-order valence-electron chi connectivity index (χ0n) is 13.1. The van der Waals surface area contributed by atoms with Crippen LogP contribution in [-0.2, 0) is 17.9 Å². The molecule has 1 heterocycles. The molecular formula is C16H20FN3O2S. The lowest BCUT2D eigenvalue weighted by atomic mass is 10.2. The number of aliphatic hydroxyl groups is 1. The third-order valence-electron chi connectivity index (χ3n) is 3.00. The number of aliphatic hydroxyl groups excluding tert-OH is 1. The van der Waals surface area contributed by atoms with Crippen molar-refractivity contribution in [1.82, 2.24) is 14.9 Å². The van der Waals surface area contributed by atoms with Gasteiger partial charge in [0.2, 0.25) is 5.91 Å². The fourth-order valence-corrected chi connectivity index (χ4v) is 2.84. The molecule has 1 amide bonds. The van der Waals surface area contributed by atoms with E-state index in [9.17, 15) is 14.3 Å². The molecule has 0 bridgehead atoms. The summed E-state index contributed by atoms with van der Waals surface area (Å²) in [6.45, 7) is 4.15. The van der Waals surface area contributed by atoms with E-state index in [0.29, 0.717) is 17.4 Å². The molecule has 0 fully saturated rings. The van der Waals surface area contributed by atoms with Crippen molar-refractivity contribution < 1.29 is 14.3 Å². The van der Waals surface area contributed by atoms with Crippen molar-refractivity contribution in [2.45, 2.75) is 38.2 Å². The Kier molecular flexibility index (Phi) is 6.18. The van der Waals surface area contributed by atoms with Crippen molar-refractivity contribution in [3.05, 3.63) is 47.5 Å². The Hall–Kier alpha value is -1.86. The van der Waals surface area contributed by atoms with Crippen LogP contribution in [0.1, 0.15) is 25.1 Å². The predicted molar refractivity (Wildman–Crippen MR) is 87.7 cm³/mol. The third kappa shape index (κ3) is 5.37. The van der Waals surface area contributed by atoms with Gasteiger partial charge in [0.15, 0.2) is 5.16 Å². The van der Waals surface area contributed by atoms with Gasteiger partial charge in [0.25, 0.3) is 0 Å². The molecule has 1 aromatic carbocycles. The summed E-state index contributed by atoms with van der Waals surface area (Å²) >= 11 is 1.31. The molecule has 2 N–H and O–H groups in total. The van der Waals surface area contributed by atoms with Gasteiger partial charge in [-0.25, -0.2) is 9.37 Å². The minimum absolute atomic E-state index is 0.0631. The average Bonchev–Trinajstić information content (AvgIpc) is 2.89. The SMILES string of the molecule is CC(C)NC(=O)CSc1nc(CO)cn1Cc1ccc(F)cc1. The maximum atomic E-state index is 13.0. The molecule has 2 aromatic rings. The Morgan fingerprint density at radius 2 is 2.09 bits per heavy atom. The lowest BCUT2D eigenvalue weighted by Gasteiger charge is -2.09. The molecule has 0 atom stereocenters. The number of halogens is 1. The second-order valence-corrected chi connectivity index (χ2v) is 6.38. The van der Waals surface area contributed by atoms with Crippen LogP contribution in [0.5, 0.6) is 0 Å². The summed E-state index contributed by atoms with van der Waals surface area (Å²) in [5.74, 6) is -0.0917. The first-order valence-electron chi connectivity index (χ1n) is 7.31. The van der Waals surface area contributed by atoms with Gasteiger partial charge in [-0.1, -0.05) is 23.9 Å². The number of imidazole rings is 1. The van der Waals surface area contributed by atoms with Crippen molar-refractivity contribution in [3.8, 4) is 0 Å². The van der Waals surface area contributed by atoms with Crippen LogP contribution in [0.15, 0.2) is 35.6 Å². The molecule has 0 radical (unpaired) electrons. The number of benzene rings is 1. The molecule has 124 valence electrons. The number of thioether (sulfide) groups is 1. The van der Waals surface area contributed by atoms with Crippen LogP contribution in [0.2, 0.25) is 0 Å². The highest BCUT2D eigenvalue weighted by Gasteiger charge is 2.12. The van der Waals surface area contributed by atoms with Gasteiger partial charge in [-0.05, 0) is 31.5 Å². The summed E-state index contributed by atoms with van der Waals surface area (Å²) in [6, 6.07) is 6.31. The molecule has 1 aromatic heterocycles. The first-order valence-corrected chi connectivity index (χ1v) is 8.30. The Morgan fingerprint density at radius 3 is 2.70 bits per heavy atom. The van der Waals surface area contributed by atoms with E-state index < -0.39 is 0 Å². The average molecular weight is 337 g/mol. The van der Waals surface area contributed by atoms with Crippen LogP contribution in [0.3, 0.4) is 0 Å². The van der Waals surface area contributed by atoms with Gasteiger partial charge in [-0.3, -0.25) is 4.79 Å². The van der Waals surface area contributed by atoms with Crippen LogP contribution >= 0.6 is 11.8 Å². The molecule has 0 spiro atoms. The Bertz CT molecular complexity index is 656. The van der Waals surface area contributed by atoms with E-state index in [-0.39, 0.29) is 30.1 Å². The number of amides is 1. The van der Waals surface area contributed by atoms with Crippen molar-refractivity contribution in [2.75, 3.05) is 5.75 Å². The smallest absolute Gasteiger partial charge is 0.230 e. The van der Waals surface area contributed by atoms with E-state index in [4.69, 9.17) is 0 Å².